The van der Waals surface area contributed by atoms with E-state index < -0.39 is 0 Å². The topological polar surface area (TPSA) is 32.7 Å². The Bertz CT molecular complexity index is 764. The van der Waals surface area contributed by atoms with Crippen molar-refractivity contribution in [1.82, 2.24) is 4.90 Å². The lowest BCUT2D eigenvalue weighted by molar-refractivity contribution is 0.0371. The van der Waals surface area contributed by atoms with E-state index in [1.807, 2.05) is 0 Å². The molecule has 2 aliphatic carbocycles. The highest BCUT2D eigenvalue weighted by Gasteiger charge is 2.43. The van der Waals surface area contributed by atoms with E-state index in [1.165, 1.54) is 56.2 Å². The van der Waals surface area contributed by atoms with Crippen LogP contribution in [0.15, 0.2) is 48.1 Å². The van der Waals surface area contributed by atoms with Crippen LogP contribution in [0.5, 0.6) is 0 Å². The fourth-order valence-electron chi connectivity index (χ4n) is 6.03. The molecule has 3 heteroatoms. The molecule has 0 aromatic heterocycles. The maximum Gasteiger partial charge on any atom is 0.0611 e. The number of hydrogen-bond acceptors (Lipinski definition) is 3. The summed E-state index contributed by atoms with van der Waals surface area (Å²) in [7, 11) is 0. The van der Waals surface area contributed by atoms with E-state index in [0.29, 0.717) is 17.8 Å². The lowest BCUT2D eigenvalue weighted by Gasteiger charge is -2.26. The lowest BCUT2D eigenvalue weighted by Crippen LogP contribution is -2.36. The molecule has 32 heavy (non-hydrogen) atoms. The van der Waals surface area contributed by atoms with Crippen molar-refractivity contribution in [3.05, 3.63) is 59.2 Å². The molecule has 1 heterocycles. The summed E-state index contributed by atoms with van der Waals surface area (Å²) in [6.07, 6.45) is 18.0. The van der Waals surface area contributed by atoms with Crippen molar-refractivity contribution in [2.75, 3.05) is 32.8 Å². The monoisotopic (exact) mass is 437 g/mol. The van der Waals surface area contributed by atoms with Crippen molar-refractivity contribution in [2.24, 2.45) is 17.8 Å². The van der Waals surface area contributed by atoms with Crippen LogP contribution in [0.25, 0.3) is 0 Å². The van der Waals surface area contributed by atoms with Crippen molar-refractivity contribution < 1.29 is 9.84 Å². The van der Waals surface area contributed by atoms with Gasteiger partial charge in [0.15, 0.2) is 0 Å². The van der Waals surface area contributed by atoms with E-state index in [-0.39, 0.29) is 6.10 Å². The Hall–Kier alpha value is -1.42. The van der Waals surface area contributed by atoms with E-state index in [2.05, 4.69) is 54.3 Å². The Kier molecular flexibility index (Phi) is 9.01. The minimum absolute atomic E-state index is 0.154. The van der Waals surface area contributed by atoms with E-state index in [0.717, 1.165) is 45.6 Å². The van der Waals surface area contributed by atoms with Crippen molar-refractivity contribution in [3.63, 3.8) is 0 Å². The van der Waals surface area contributed by atoms with E-state index in [4.69, 9.17) is 4.74 Å². The number of ether oxygens (including phenoxy) is 1. The van der Waals surface area contributed by atoms with Crippen molar-refractivity contribution >= 4 is 0 Å². The molecule has 0 spiro atoms. The normalized spacial score (nSPS) is 28.4. The second-order valence-corrected chi connectivity index (χ2v) is 10.3. The van der Waals surface area contributed by atoms with Gasteiger partial charge in [-0.05, 0) is 75.8 Å². The Balaban J connectivity index is 1.13. The number of nitrogens with zero attached hydrogens (tertiary/aromatic N) is 1. The third-order valence-corrected chi connectivity index (χ3v) is 7.82. The highest BCUT2D eigenvalue weighted by molar-refractivity contribution is 5.23. The first kappa shape index (κ1) is 23.7. The predicted molar refractivity (Wildman–Crippen MR) is 133 cm³/mol. The number of unbranched alkanes of at least 4 members (excludes halogenated alkanes) is 3. The van der Waals surface area contributed by atoms with Gasteiger partial charge in [-0.3, -0.25) is 4.90 Å². The molecule has 0 amide bonds. The summed E-state index contributed by atoms with van der Waals surface area (Å²) in [5.41, 5.74) is 4.41. The minimum Gasteiger partial charge on any atom is -0.392 e. The molecule has 4 atom stereocenters. The molecule has 0 unspecified atom stereocenters. The standard InChI is InChI=1S/C29H43NO2/c1-23-9-8-12-24(19-23)10-5-6-13-27-28-21-25(20-26(28)22-29(27)31)11-4-2-3-7-14-30-15-17-32-18-16-30/h6,8-9,12-13,19-20,26-29,31H,2-5,7,10-11,14-18,21-22H2,1H3/t26-,27+,28-,29+/m0/s1. The zero-order chi connectivity index (χ0) is 22.2. The van der Waals surface area contributed by atoms with E-state index in [9.17, 15) is 5.11 Å². The fourth-order valence-corrected chi connectivity index (χ4v) is 6.03. The van der Waals surface area contributed by atoms with Gasteiger partial charge in [0.05, 0.1) is 19.3 Å². The van der Waals surface area contributed by atoms with Crippen LogP contribution in [0.1, 0.15) is 62.5 Å². The van der Waals surface area contributed by atoms with Gasteiger partial charge in [-0.15, -0.1) is 0 Å². The van der Waals surface area contributed by atoms with Gasteiger partial charge in [0.2, 0.25) is 0 Å². The summed E-state index contributed by atoms with van der Waals surface area (Å²) in [6, 6.07) is 8.81. The first-order chi connectivity index (χ1) is 15.7. The van der Waals surface area contributed by atoms with Gasteiger partial charge in [0, 0.05) is 19.0 Å². The summed E-state index contributed by atoms with van der Waals surface area (Å²) in [5, 5.41) is 10.6. The molecule has 1 aliphatic heterocycles. The van der Waals surface area contributed by atoms with Gasteiger partial charge in [-0.25, -0.2) is 0 Å². The number of aliphatic hydroxyl groups excluding tert-OH is 1. The zero-order valence-corrected chi connectivity index (χ0v) is 20.1. The molecule has 1 saturated carbocycles. The van der Waals surface area contributed by atoms with Crippen LogP contribution in [-0.2, 0) is 11.2 Å². The average Bonchev–Trinajstić information content (AvgIpc) is 3.31. The molecule has 1 saturated heterocycles. The molecule has 2 fully saturated rings. The van der Waals surface area contributed by atoms with Gasteiger partial charge in [0.1, 0.15) is 0 Å². The van der Waals surface area contributed by atoms with Gasteiger partial charge in [-0.2, -0.15) is 0 Å². The van der Waals surface area contributed by atoms with Crippen LogP contribution in [-0.4, -0.2) is 49.0 Å². The van der Waals surface area contributed by atoms with Crippen LogP contribution in [0.3, 0.4) is 0 Å². The molecule has 1 aromatic rings. The van der Waals surface area contributed by atoms with Gasteiger partial charge >= 0.3 is 0 Å². The smallest absolute Gasteiger partial charge is 0.0611 e. The first-order valence-electron chi connectivity index (χ1n) is 13.1. The molecule has 0 bridgehead atoms. The maximum atomic E-state index is 10.6. The molecule has 1 aromatic carbocycles. The zero-order valence-electron chi connectivity index (χ0n) is 20.1. The third kappa shape index (κ3) is 6.79. The maximum absolute atomic E-state index is 10.6. The van der Waals surface area contributed by atoms with Crippen LogP contribution in [0.4, 0.5) is 0 Å². The van der Waals surface area contributed by atoms with Crippen molar-refractivity contribution in [2.45, 2.75) is 70.8 Å². The Morgan fingerprint density at radius 1 is 1.09 bits per heavy atom. The van der Waals surface area contributed by atoms with E-state index >= 15 is 0 Å². The lowest BCUT2D eigenvalue weighted by atomic mass is 9.88. The quantitative estimate of drug-likeness (QED) is 0.355. The van der Waals surface area contributed by atoms with Gasteiger partial charge in [0.25, 0.3) is 0 Å². The number of aliphatic hydroxyl groups is 1. The number of fused-ring (bicyclic) bond motifs is 1. The molecule has 4 rings (SSSR count). The molecule has 3 aliphatic rings. The number of allylic oxidation sites excluding steroid dienone is 3. The SMILES string of the molecule is Cc1cccc(CCC=C[C@@H]2[C@H]3CC(CCCCCCN4CCOCC4)=C[C@H]3C[C@H]2O)c1. The third-order valence-electron chi connectivity index (χ3n) is 7.82. The van der Waals surface area contributed by atoms with Crippen LogP contribution < -0.4 is 0 Å². The molecule has 1 N–H and O–H groups in total. The summed E-state index contributed by atoms with van der Waals surface area (Å²) < 4.78 is 5.43. The van der Waals surface area contributed by atoms with Crippen LogP contribution >= 0.6 is 0 Å². The number of aryl methyl sites for hydroxylation is 2. The summed E-state index contributed by atoms with van der Waals surface area (Å²) in [4.78, 5) is 2.55. The molecule has 0 radical (unpaired) electrons. The summed E-state index contributed by atoms with van der Waals surface area (Å²) in [5.74, 6) is 1.59. The minimum atomic E-state index is -0.154. The second kappa shape index (κ2) is 12.2. The van der Waals surface area contributed by atoms with E-state index in [1.54, 1.807) is 5.57 Å². The highest BCUT2D eigenvalue weighted by Crippen LogP contribution is 2.48. The highest BCUT2D eigenvalue weighted by atomic mass is 16.5. The molecule has 3 nitrogen and oxygen atoms in total. The van der Waals surface area contributed by atoms with Gasteiger partial charge in [-0.1, -0.05) is 66.5 Å². The Morgan fingerprint density at radius 2 is 1.94 bits per heavy atom. The van der Waals surface area contributed by atoms with Gasteiger partial charge < -0.3 is 9.84 Å². The number of morpholine rings is 1. The van der Waals surface area contributed by atoms with Crippen LogP contribution in [0.2, 0.25) is 0 Å². The predicted octanol–water partition coefficient (Wildman–Crippen LogP) is 5.71. The number of rotatable bonds is 11. The molecular formula is C29H43NO2. The first-order valence-corrected chi connectivity index (χ1v) is 13.1. The van der Waals surface area contributed by atoms with Crippen molar-refractivity contribution in [3.8, 4) is 0 Å². The largest absolute Gasteiger partial charge is 0.392 e. The molecular weight excluding hydrogens is 394 g/mol. The molecule has 176 valence electrons. The Labute approximate surface area is 195 Å². The van der Waals surface area contributed by atoms with Crippen LogP contribution in [0, 0.1) is 24.7 Å². The number of hydrogen-bond donors (Lipinski definition) is 1. The second-order valence-electron chi connectivity index (χ2n) is 10.3. The number of benzene rings is 1. The average molecular weight is 438 g/mol. The Morgan fingerprint density at radius 3 is 2.78 bits per heavy atom. The van der Waals surface area contributed by atoms with Crippen molar-refractivity contribution in [1.29, 1.82) is 0 Å². The summed E-state index contributed by atoms with van der Waals surface area (Å²) in [6.45, 7) is 7.45. The fraction of sp³-hybridized carbons (Fsp3) is 0.655. The summed E-state index contributed by atoms with van der Waals surface area (Å²) >= 11 is 0.